The third-order valence-electron chi connectivity index (χ3n) is 7.38. The van der Waals surface area contributed by atoms with Crippen molar-refractivity contribution >= 4 is 17.5 Å². The predicted molar refractivity (Wildman–Crippen MR) is 125 cm³/mol. The third kappa shape index (κ3) is 4.84. The Balaban J connectivity index is 1.48. The van der Waals surface area contributed by atoms with Crippen LogP contribution in [0.4, 0.5) is 0 Å². The summed E-state index contributed by atoms with van der Waals surface area (Å²) < 4.78 is 0. The lowest BCUT2D eigenvalue weighted by Gasteiger charge is -2.45. The molecule has 3 heterocycles. The van der Waals surface area contributed by atoms with Crippen molar-refractivity contribution in [3.05, 3.63) is 35.9 Å². The number of amides is 2. The summed E-state index contributed by atoms with van der Waals surface area (Å²) >= 11 is 0. The zero-order valence-electron chi connectivity index (χ0n) is 19.8. The smallest absolute Gasteiger partial charge is 0.229 e. The molecule has 6 heteroatoms. The summed E-state index contributed by atoms with van der Waals surface area (Å²) in [6.07, 6.45) is 4.97. The number of nitrogens with zero attached hydrogens (tertiary/aromatic N) is 3. The number of hydrogen-bond donors (Lipinski definition) is 0. The average molecular weight is 440 g/mol. The van der Waals surface area contributed by atoms with Crippen LogP contribution >= 0.6 is 0 Å². The van der Waals surface area contributed by atoms with Crippen LogP contribution in [0.3, 0.4) is 0 Å². The summed E-state index contributed by atoms with van der Waals surface area (Å²) in [6, 6.07) is 10.1. The quantitative estimate of drug-likeness (QED) is 0.694. The zero-order valence-corrected chi connectivity index (χ0v) is 19.8. The summed E-state index contributed by atoms with van der Waals surface area (Å²) in [6.45, 7) is 9.09. The van der Waals surface area contributed by atoms with Gasteiger partial charge in [-0.2, -0.15) is 0 Å². The molecule has 174 valence electrons. The fourth-order valence-corrected chi connectivity index (χ4v) is 5.51. The maximum atomic E-state index is 13.9. The van der Waals surface area contributed by atoms with E-state index in [1.807, 2.05) is 36.9 Å². The van der Waals surface area contributed by atoms with Crippen molar-refractivity contribution in [3.8, 4) is 0 Å². The molecule has 32 heavy (non-hydrogen) atoms. The van der Waals surface area contributed by atoms with Crippen LogP contribution in [0, 0.1) is 17.3 Å². The average Bonchev–Trinajstić information content (AvgIpc) is 3.27. The lowest BCUT2D eigenvalue weighted by atomic mass is 9.71. The fourth-order valence-electron chi connectivity index (χ4n) is 5.51. The van der Waals surface area contributed by atoms with Gasteiger partial charge in [-0.1, -0.05) is 56.3 Å². The van der Waals surface area contributed by atoms with Gasteiger partial charge in [0, 0.05) is 44.9 Å². The van der Waals surface area contributed by atoms with E-state index in [9.17, 15) is 9.59 Å². The van der Waals surface area contributed by atoms with Gasteiger partial charge in [0.15, 0.2) is 0 Å². The van der Waals surface area contributed by atoms with E-state index in [1.54, 1.807) is 0 Å². The van der Waals surface area contributed by atoms with Crippen LogP contribution in [0.25, 0.3) is 0 Å². The Bertz CT molecular complexity index is 843. The second kappa shape index (κ2) is 9.63. The molecule has 0 aromatic heterocycles. The molecule has 3 aliphatic rings. The van der Waals surface area contributed by atoms with Crippen molar-refractivity contribution in [2.45, 2.75) is 65.4 Å². The Morgan fingerprint density at radius 1 is 1.12 bits per heavy atom. The first-order valence-corrected chi connectivity index (χ1v) is 12.2. The molecule has 0 bridgehead atoms. The molecule has 0 radical (unpaired) electrons. The Morgan fingerprint density at radius 3 is 2.50 bits per heavy atom. The monoisotopic (exact) mass is 439 g/mol. The largest absolute Gasteiger partial charge is 0.392 e. The highest BCUT2D eigenvalue weighted by Gasteiger charge is 2.47. The van der Waals surface area contributed by atoms with Gasteiger partial charge in [-0.15, -0.1) is 0 Å². The molecule has 0 aliphatic carbocycles. The van der Waals surface area contributed by atoms with Crippen molar-refractivity contribution < 1.29 is 14.4 Å². The van der Waals surface area contributed by atoms with Gasteiger partial charge in [0.1, 0.15) is 6.10 Å². The first-order chi connectivity index (χ1) is 15.4. The van der Waals surface area contributed by atoms with E-state index in [0.717, 1.165) is 37.2 Å². The fraction of sp³-hybridized carbons (Fsp3) is 0.654. The number of carbonyl (C=O) groups is 2. The standard InChI is InChI=1S/C26H37N3O3/c1-19(2)24(30)28-14-11-26(12-15-28,25(31)29-13-7-8-20(3)18-29)17-22-16-23(27-32-22)21-9-5-4-6-10-21/h4-6,9-10,19-20,22H,7-8,11-18H2,1-3H3. The van der Waals surface area contributed by atoms with Crippen molar-refractivity contribution in [2.75, 3.05) is 26.2 Å². The highest BCUT2D eigenvalue weighted by Crippen LogP contribution is 2.41. The number of piperidine rings is 2. The topological polar surface area (TPSA) is 62.2 Å². The van der Waals surface area contributed by atoms with Crippen LogP contribution in [0.2, 0.25) is 0 Å². The highest BCUT2D eigenvalue weighted by atomic mass is 16.6. The van der Waals surface area contributed by atoms with Crippen molar-refractivity contribution in [1.29, 1.82) is 0 Å². The molecule has 3 aliphatic heterocycles. The molecule has 1 aromatic rings. The van der Waals surface area contributed by atoms with Crippen LogP contribution in [0.5, 0.6) is 0 Å². The van der Waals surface area contributed by atoms with Crippen LogP contribution in [-0.2, 0) is 14.4 Å². The summed E-state index contributed by atoms with van der Waals surface area (Å²) in [5.74, 6) is 0.978. The molecular formula is C26H37N3O3. The van der Waals surface area contributed by atoms with Gasteiger partial charge in [-0.3, -0.25) is 9.59 Å². The molecule has 0 spiro atoms. The van der Waals surface area contributed by atoms with Crippen molar-refractivity contribution in [1.82, 2.24) is 9.80 Å². The van der Waals surface area contributed by atoms with Gasteiger partial charge in [-0.25, -0.2) is 0 Å². The Hall–Kier alpha value is -2.37. The van der Waals surface area contributed by atoms with Gasteiger partial charge < -0.3 is 14.6 Å². The Morgan fingerprint density at radius 2 is 1.84 bits per heavy atom. The Labute approximate surface area is 192 Å². The second-order valence-electron chi connectivity index (χ2n) is 10.3. The van der Waals surface area contributed by atoms with Crippen LogP contribution in [0.15, 0.2) is 35.5 Å². The zero-order chi connectivity index (χ0) is 22.7. The van der Waals surface area contributed by atoms with Crippen molar-refractivity contribution in [2.24, 2.45) is 22.4 Å². The van der Waals surface area contributed by atoms with E-state index in [4.69, 9.17) is 4.84 Å². The normalized spacial score (nSPS) is 25.4. The summed E-state index contributed by atoms with van der Waals surface area (Å²) in [7, 11) is 0. The second-order valence-corrected chi connectivity index (χ2v) is 10.3. The summed E-state index contributed by atoms with van der Waals surface area (Å²) in [4.78, 5) is 36.3. The molecular weight excluding hydrogens is 402 g/mol. The molecule has 2 saturated heterocycles. The van der Waals surface area contributed by atoms with Gasteiger partial charge in [0.05, 0.1) is 11.1 Å². The predicted octanol–water partition coefficient (Wildman–Crippen LogP) is 4.09. The van der Waals surface area contributed by atoms with E-state index in [1.165, 1.54) is 6.42 Å². The number of benzene rings is 1. The van der Waals surface area contributed by atoms with E-state index in [2.05, 4.69) is 29.1 Å². The highest BCUT2D eigenvalue weighted by molar-refractivity contribution is 6.01. The van der Waals surface area contributed by atoms with Crippen LogP contribution < -0.4 is 0 Å². The maximum absolute atomic E-state index is 13.9. The molecule has 2 atom stereocenters. The van der Waals surface area contributed by atoms with Gasteiger partial charge in [0.25, 0.3) is 0 Å². The minimum absolute atomic E-state index is 0.0128. The Kier molecular flexibility index (Phi) is 6.87. The van der Waals surface area contributed by atoms with Crippen molar-refractivity contribution in [3.63, 3.8) is 0 Å². The molecule has 0 saturated carbocycles. The number of hydrogen-bond acceptors (Lipinski definition) is 4. The molecule has 2 amide bonds. The van der Waals surface area contributed by atoms with Crippen LogP contribution in [-0.4, -0.2) is 59.6 Å². The number of carbonyl (C=O) groups excluding carboxylic acids is 2. The first-order valence-electron chi connectivity index (χ1n) is 12.2. The van der Waals surface area contributed by atoms with E-state index < -0.39 is 5.41 Å². The summed E-state index contributed by atoms with van der Waals surface area (Å²) in [5, 5.41) is 4.36. The minimum atomic E-state index is -0.475. The molecule has 0 N–H and O–H groups in total. The number of oxime groups is 1. The van der Waals surface area contributed by atoms with Gasteiger partial charge >= 0.3 is 0 Å². The third-order valence-corrected chi connectivity index (χ3v) is 7.38. The molecule has 1 aromatic carbocycles. The molecule has 2 unspecified atom stereocenters. The SMILES string of the molecule is CC1CCCN(C(=O)C2(CC3CC(c4ccccc4)=NO3)CCN(C(=O)C(C)C)CC2)C1. The number of likely N-dealkylation sites (tertiary alicyclic amines) is 2. The lowest BCUT2D eigenvalue weighted by Crippen LogP contribution is -2.54. The molecule has 4 rings (SSSR count). The first kappa shape index (κ1) is 22.8. The van der Waals surface area contributed by atoms with E-state index in [-0.39, 0.29) is 23.8 Å². The molecule has 2 fully saturated rings. The summed E-state index contributed by atoms with van der Waals surface area (Å²) in [5.41, 5.74) is 1.56. The van der Waals surface area contributed by atoms with E-state index in [0.29, 0.717) is 38.3 Å². The number of rotatable bonds is 5. The maximum Gasteiger partial charge on any atom is 0.229 e. The van der Waals surface area contributed by atoms with Gasteiger partial charge in [0.2, 0.25) is 11.8 Å². The molecule has 6 nitrogen and oxygen atoms in total. The van der Waals surface area contributed by atoms with E-state index >= 15 is 0 Å². The van der Waals surface area contributed by atoms with Gasteiger partial charge in [-0.05, 0) is 37.2 Å². The van der Waals surface area contributed by atoms with Crippen LogP contribution in [0.1, 0.15) is 64.9 Å². The lowest BCUT2D eigenvalue weighted by molar-refractivity contribution is -0.153. The minimum Gasteiger partial charge on any atom is -0.392 e.